The number of ether oxygens (including phenoxy) is 2. The highest BCUT2D eigenvalue weighted by Gasteiger charge is 2.19. The first-order chi connectivity index (χ1) is 11.8. The molecule has 25 heavy (non-hydrogen) atoms. The zero-order valence-corrected chi connectivity index (χ0v) is 13.9. The Balaban J connectivity index is 2.13. The molecule has 1 N–H and O–H groups in total. The number of nitrogens with one attached hydrogen (secondary N) is 1. The Bertz CT molecular complexity index is 808. The van der Waals surface area contributed by atoms with Crippen molar-refractivity contribution in [3.8, 4) is 11.5 Å². The molecular weight excluding hydrogens is 332 g/mol. The van der Waals surface area contributed by atoms with Crippen LogP contribution in [0.3, 0.4) is 0 Å². The van der Waals surface area contributed by atoms with Crippen LogP contribution in [0.5, 0.6) is 11.5 Å². The second kappa shape index (κ2) is 7.74. The fraction of sp³-hybridized carbons (Fsp3) is 0.222. The van der Waals surface area contributed by atoms with Crippen LogP contribution in [0.15, 0.2) is 36.4 Å². The fourth-order valence-electron chi connectivity index (χ4n) is 2.06. The third-order valence-electron chi connectivity index (χ3n) is 3.43. The standard InChI is InChI=1S/C18H17F2NO4/c1-10(22)12-4-7-16(17(8-12)24-3)25-11(2)18(23)21-15-9-13(19)5-6-14(15)20/h4-9,11H,1-3H3,(H,21,23). The average molecular weight is 349 g/mol. The molecule has 0 heterocycles. The van der Waals surface area contributed by atoms with E-state index in [4.69, 9.17) is 9.47 Å². The second-order valence-electron chi connectivity index (χ2n) is 5.30. The minimum atomic E-state index is -1.01. The highest BCUT2D eigenvalue weighted by atomic mass is 19.1. The molecule has 1 amide bonds. The van der Waals surface area contributed by atoms with Crippen molar-refractivity contribution < 1.29 is 27.8 Å². The molecule has 0 aliphatic heterocycles. The summed E-state index contributed by atoms with van der Waals surface area (Å²) in [6.45, 7) is 2.86. The van der Waals surface area contributed by atoms with Crippen LogP contribution in [0.4, 0.5) is 14.5 Å². The molecule has 1 atom stereocenters. The van der Waals surface area contributed by atoms with E-state index in [0.29, 0.717) is 5.56 Å². The van der Waals surface area contributed by atoms with E-state index in [2.05, 4.69) is 5.32 Å². The molecular formula is C18H17F2NO4. The summed E-state index contributed by atoms with van der Waals surface area (Å²) in [6, 6.07) is 7.28. The maximum absolute atomic E-state index is 13.6. The maximum atomic E-state index is 13.6. The Morgan fingerprint density at radius 2 is 1.80 bits per heavy atom. The lowest BCUT2D eigenvalue weighted by molar-refractivity contribution is -0.122. The number of methoxy groups -OCH3 is 1. The zero-order valence-electron chi connectivity index (χ0n) is 13.9. The third-order valence-corrected chi connectivity index (χ3v) is 3.43. The topological polar surface area (TPSA) is 64.6 Å². The Morgan fingerprint density at radius 1 is 1.08 bits per heavy atom. The van der Waals surface area contributed by atoms with E-state index >= 15 is 0 Å². The van der Waals surface area contributed by atoms with Crippen molar-refractivity contribution in [1.82, 2.24) is 0 Å². The molecule has 2 aromatic carbocycles. The Kier molecular flexibility index (Phi) is 5.69. The fourth-order valence-corrected chi connectivity index (χ4v) is 2.06. The summed E-state index contributed by atoms with van der Waals surface area (Å²) in [5, 5.41) is 2.26. The molecule has 2 rings (SSSR count). The van der Waals surface area contributed by atoms with Crippen molar-refractivity contribution >= 4 is 17.4 Å². The van der Waals surface area contributed by atoms with Gasteiger partial charge in [-0.2, -0.15) is 0 Å². The summed E-state index contributed by atoms with van der Waals surface area (Å²) < 4.78 is 37.4. The molecule has 0 fully saturated rings. The Morgan fingerprint density at radius 3 is 2.44 bits per heavy atom. The lowest BCUT2D eigenvalue weighted by atomic mass is 10.1. The summed E-state index contributed by atoms with van der Waals surface area (Å²) in [5.74, 6) is -1.71. The third kappa shape index (κ3) is 4.53. The van der Waals surface area contributed by atoms with E-state index in [0.717, 1.165) is 18.2 Å². The number of ketones is 1. The summed E-state index contributed by atoms with van der Waals surface area (Å²) in [7, 11) is 1.40. The number of anilines is 1. The highest BCUT2D eigenvalue weighted by Crippen LogP contribution is 2.29. The number of rotatable bonds is 6. The minimum absolute atomic E-state index is 0.141. The van der Waals surface area contributed by atoms with Crippen LogP contribution in [0, 0.1) is 11.6 Å². The number of carbonyl (C=O) groups is 2. The van der Waals surface area contributed by atoms with Gasteiger partial charge >= 0.3 is 0 Å². The Labute approximate surface area is 143 Å². The van der Waals surface area contributed by atoms with Crippen LogP contribution in [0.1, 0.15) is 24.2 Å². The quantitative estimate of drug-likeness (QED) is 0.810. The van der Waals surface area contributed by atoms with Gasteiger partial charge < -0.3 is 14.8 Å². The van der Waals surface area contributed by atoms with Crippen molar-refractivity contribution in [2.75, 3.05) is 12.4 Å². The van der Waals surface area contributed by atoms with Crippen LogP contribution in [0.2, 0.25) is 0 Å². The van der Waals surface area contributed by atoms with Gasteiger partial charge in [0.25, 0.3) is 5.91 Å². The number of halogens is 2. The van der Waals surface area contributed by atoms with Crippen molar-refractivity contribution in [3.63, 3.8) is 0 Å². The van der Waals surface area contributed by atoms with Gasteiger partial charge in [0.1, 0.15) is 11.6 Å². The van der Waals surface area contributed by atoms with E-state index in [1.165, 1.54) is 39.2 Å². The number of benzene rings is 2. The predicted molar refractivity (Wildman–Crippen MR) is 88.1 cm³/mol. The predicted octanol–water partition coefficient (Wildman–Crippen LogP) is 3.58. The molecule has 5 nitrogen and oxygen atoms in total. The van der Waals surface area contributed by atoms with Gasteiger partial charge in [0.05, 0.1) is 12.8 Å². The van der Waals surface area contributed by atoms with Gasteiger partial charge in [0.15, 0.2) is 23.4 Å². The highest BCUT2D eigenvalue weighted by molar-refractivity contribution is 5.95. The summed E-state index contributed by atoms with van der Waals surface area (Å²) in [5.41, 5.74) is 0.155. The molecule has 0 radical (unpaired) electrons. The van der Waals surface area contributed by atoms with Crippen molar-refractivity contribution in [2.45, 2.75) is 20.0 Å². The van der Waals surface area contributed by atoms with Gasteiger partial charge in [-0.1, -0.05) is 0 Å². The van der Waals surface area contributed by atoms with Gasteiger partial charge in [-0.15, -0.1) is 0 Å². The van der Waals surface area contributed by atoms with Crippen molar-refractivity contribution in [1.29, 1.82) is 0 Å². The van der Waals surface area contributed by atoms with Crippen molar-refractivity contribution in [3.05, 3.63) is 53.6 Å². The summed E-state index contributed by atoms with van der Waals surface area (Å²) in [6.07, 6.45) is -1.01. The van der Waals surface area contributed by atoms with Crippen LogP contribution in [0.25, 0.3) is 0 Å². The van der Waals surface area contributed by atoms with Gasteiger partial charge in [0, 0.05) is 11.6 Å². The van der Waals surface area contributed by atoms with Crippen LogP contribution < -0.4 is 14.8 Å². The number of Topliss-reactive ketones (excluding diaryl/α,β-unsaturated/α-hetero) is 1. The maximum Gasteiger partial charge on any atom is 0.265 e. The molecule has 132 valence electrons. The summed E-state index contributed by atoms with van der Waals surface area (Å²) in [4.78, 5) is 23.5. The minimum Gasteiger partial charge on any atom is -0.493 e. The molecule has 0 bridgehead atoms. The smallest absolute Gasteiger partial charge is 0.265 e. The van der Waals surface area contributed by atoms with E-state index in [-0.39, 0.29) is 23.0 Å². The van der Waals surface area contributed by atoms with Gasteiger partial charge in [-0.25, -0.2) is 8.78 Å². The molecule has 2 aromatic rings. The van der Waals surface area contributed by atoms with E-state index in [9.17, 15) is 18.4 Å². The van der Waals surface area contributed by atoms with Gasteiger partial charge in [-0.05, 0) is 44.2 Å². The van der Waals surface area contributed by atoms with Crippen LogP contribution in [-0.4, -0.2) is 24.9 Å². The van der Waals surface area contributed by atoms with Crippen LogP contribution >= 0.6 is 0 Å². The Hall–Kier alpha value is -2.96. The second-order valence-corrected chi connectivity index (χ2v) is 5.30. The molecule has 0 aliphatic rings. The van der Waals surface area contributed by atoms with Gasteiger partial charge in [0.2, 0.25) is 0 Å². The first-order valence-corrected chi connectivity index (χ1v) is 7.43. The lowest BCUT2D eigenvalue weighted by Crippen LogP contribution is -2.30. The first kappa shape index (κ1) is 18.4. The first-order valence-electron chi connectivity index (χ1n) is 7.43. The number of carbonyl (C=O) groups excluding carboxylic acids is 2. The SMILES string of the molecule is COc1cc(C(C)=O)ccc1OC(C)C(=O)Nc1cc(F)ccc1F. The van der Waals surface area contributed by atoms with E-state index < -0.39 is 23.6 Å². The molecule has 0 aromatic heterocycles. The van der Waals surface area contributed by atoms with Crippen LogP contribution in [-0.2, 0) is 4.79 Å². The van der Waals surface area contributed by atoms with Gasteiger partial charge in [-0.3, -0.25) is 9.59 Å². The monoisotopic (exact) mass is 349 g/mol. The number of hydrogen-bond donors (Lipinski definition) is 1. The normalized spacial score (nSPS) is 11.6. The number of hydrogen-bond acceptors (Lipinski definition) is 4. The molecule has 0 spiro atoms. The van der Waals surface area contributed by atoms with E-state index in [1.54, 1.807) is 0 Å². The average Bonchev–Trinajstić information content (AvgIpc) is 2.58. The lowest BCUT2D eigenvalue weighted by Gasteiger charge is -2.17. The van der Waals surface area contributed by atoms with E-state index in [1.807, 2.05) is 0 Å². The molecule has 0 saturated heterocycles. The number of amides is 1. The molecule has 7 heteroatoms. The molecule has 0 aliphatic carbocycles. The largest absolute Gasteiger partial charge is 0.493 e. The van der Waals surface area contributed by atoms with Crippen molar-refractivity contribution in [2.24, 2.45) is 0 Å². The summed E-state index contributed by atoms with van der Waals surface area (Å²) >= 11 is 0. The molecule has 0 saturated carbocycles. The molecule has 1 unspecified atom stereocenters. The zero-order chi connectivity index (χ0) is 18.6.